The molecule has 0 amide bonds. The van der Waals surface area contributed by atoms with E-state index in [9.17, 15) is 12.8 Å². The molecule has 0 bridgehead atoms. The lowest BCUT2D eigenvalue weighted by atomic mass is 10.2. The number of anilines is 1. The van der Waals surface area contributed by atoms with Gasteiger partial charge in [-0.3, -0.25) is 4.72 Å². The summed E-state index contributed by atoms with van der Waals surface area (Å²) in [6.45, 7) is 1.65. The van der Waals surface area contributed by atoms with E-state index < -0.39 is 15.8 Å². The van der Waals surface area contributed by atoms with Gasteiger partial charge in [-0.25, -0.2) is 12.8 Å². The van der Waals surface area contributed by atoms with E-state index in [1.807, 2.05) is 0 Å². The number of sulfonamides is 1. The van der Waals surface area contributed by atoms with Crippen LogP contribution in [0.5, 0.6) is 0 Å². The average molecular weight is 280 g/mol. The highest BCUT2D eigenvalue weighted by Crippen LogP contribution is 2.20. The van der Waals surface area contributed by atoms with Crippen LogP contribution >= 0.6 is 11.6 Å². The van der Waals surface area contributed by atoms with E-state index in [4.69, 9.17) is 11.6 Å². The summed E-state index contributed by atoms with van der Waals surface area (Å²) < 4.78 is 39.0. The standard InChI is InChI=1S/C11H15ClFNO2S/c1-9-5-4-6-10(13)11(9)14-17(15,16)8-3-2-7-12/h4-6,14H,2-3,7-8H2,1H3. The van der Waals surface area contributed by atoms with Crippen molar-refractivity contribution in [3.8, 4) is 0 Å². The molecular weight excluding hydrogens is 265 g/mol. The van der Waals surface area contributed by atoms with Crippen molar-refractivity contribution < 1.29 is 12.8 Å². The number of unbranched alkanes of at least 4 members (excludes halogenated alkanes) is 1. The zero-order valence-corrected chi connectivity index (χ0v) is 11.1. The Balaban J connectivity index is 2.76. The fraction of sp³-hybridized carbons (Fsp3) is 0.455. The van der Waals surface area contributed by atoms with Gasteiger partial charge in [0.05, 0.1) is 11.4 Å². The van der Waals surface area contributed by atoms with Crippen LogP contribution in [-0.4, -0.2) is 20.1 Å². The molecule has 0 aliphatic carbocycles. The third-order valence-corrected chi connectivity index (χ3v) is 3.88. The van der Waals surface area contributed by atoms with E-state index in [0.717, 1.165) is 0 Å². The van der Waals surface area contributed by atoms with E-state index in [1.165, 1.54) is 12.1 Å². The molecule has 0 fully saturated rings. The first-order valence-corrected chi connectivity index (χ1v) is 7.46. The third-order valence-electron chi connectivity index (χ3n) is 2.28. The molecule has 3 nitrogen and oxygen atoms in total. The van der Waals surface area contributed by atoms with Gasteiger partial charge >= 0.3 is 0 Å². The van der Waals surface area contributed by atoms with E-state index in [1.54, 1.807) is 13.0 Å². The second kappa shape index (κ2) is 6.21. The number of aryl methyl sites for hydroxylation is 1. The van der Waals surface area contributed by atoms with Crippen LogP contribution < -0.4 is 4.72 Å². The highest BCUT2D eigenvalue weighted by Gasteiger charge is 2.14. The van der Waals surface area contributed by atoms with Gasteiger partial charge < -0.3 is 0 Å². The molecular formula is C11H15ClFNO2S. The molecule has 0 radical (unpaired) electrons. The van der Waals surface area contributed by atoms with Crippen molar-refractivity contribution in [2.24, 2.45) is 0 Å². The van der Waals surface area contributed by atoms with Crippen LogP contribution in [-0.2, 0) is 10.0 Å². The number of hydrogen-bond acceptors (Lipinski definition) is 2. The highest BCUT2D eigenvalue weighted by atomic mass is 35.5. The zero-order chi connectivity index (χ0) is 12.9. The molecule has 0 aliphatic heterocycles. The third kappa shape index (κ3) is 4.52. The molecule has 1 aromatic rings. The van der Waals surface area contributed by atoms with Crippen LogP contribution in [0, 0.1) is 12.7 Å². The van der Waals surface area contributed by atoms with Gasteiger partial charge in [-0.05, 0) is 31.4 Å². The van der Waals surface area contributed by atoms with Crippen LogP contribution in [0.25, 0.3) is 0 Å². The van der Waals surface area contributed by atoms with Crippen LogP contribution in [0.1, 0.15) is 18.4 Å². The van der Waals surface area contributed by atoms with Crippen molar-refractivity contribution in [2.75, 3.05) is 16.4 Å². The van der Waals surface area contributed by atoms with Gasteiger partial charge in [-0.15, -0.1) is 11.6 Å². The van der Waals surface area contributed by atoms with E-state index >= 15 is 0 Å². The second-order valence-corrected chi connectivity index (χ2v) is 5.97. The van der Waals surface area contributed by atoms with Gasteiger partial charge in [0.2, 0.25) is 10.0 Å². The summed E-state index contributed by atoms with van der Waals surface area (Å²) in [6.07, 6.45) is 1.09. The smallest absolute Gasteiger partial charge is 0.232 e. The number of hydrogen-bond donors (Lipinski definition) is 1. The summed E-state index contributed by atoms with van der Waals surface area (Å²) in [7, 11) is -3.50. The first kappa shape index (κ1) is 14.3. The number of benzene rings is 1. The predicted octanol–water partition coefficient (Wildman–Crippen LogP) is 2.89. The number of para-hydroxylation sites is 1. The van der Waals surface area contributed by atoms with Gasteiger partial charge in [0.25, 0.3) is 0 Å². The van der Waals surface area contributed by atoms with Crippen LogP contribution in [0.4, 0.5) is 10.1 Å². The van der Waals surface area contributed by atoms with Crippen molar-refractivity contribution in [2.45, 2.75) is 19.8 Å². The Labute approximate surface area is 106 Å². The maximum Gasteiger partial charge on any atom is 0.232 e. The molecule has 0 heterocycles. The zero-order valence-electron chi connectivity index (χ0n) is 9.54. The van der Waals surface area contributed by atoms with Crippen molar-refractivity contribution >= 4 is 27.3 Å². The van der Waals surface area contributed by atoms with Crippen molar-refractivity contribution in [3.05, 3.63) is 29.6 Å². The lowest BCUT2D eigenvalue weighted by Crippen LogP contribution is -2.18. The monoisotopic (exact) mass is 279 g/mol. The minimum atomic E-state index is -3.50. The van der Waals surface area contributed by atoms with Crippen LogP contribution in [0.2, 0.25) is 0 Å². The number of rotatable bonds is 6. The Hall–Kier alpha value is -0.810. The molecule has 96 valence electrons. The quantitative estimate of drug-likeness (QED) is 0.643. The maximum atomic E-state index is 13.4. The summed E-state index contributed by atoms with van der Waals surface area (Å²) in [6, 6.07) is 4.42. The molecule has 0 aliphatic rings. The molecule has 0 unspecified atom stereocenters. The molecule has 6 heteroatoms. The molecule has 0 atom stereocenters. The Kier molecular flexibility index (Phi) is 5.21. The fourth-order valence-electron chi connectivity index (χ4n) is 1.35. The number of alkyl halides is 1. The topological polar surface area (TPSA) is 46.2 Å². The molecule has 1 aromatic carbocycles. The van der Waals surface area contributed by atoms with Gasteiger partial charge in [0.15, 0.2) is 0 Å². The molecule has 17 heavy (non-hydrogen) atoms. The Morgan fingerprint density at radius 3 is 2.65 bits per heavy atom. The normalized spacial score (nSPS) is 11.5. The van der Waals surface area contributed by atoms with Gasteiger partial charge in [0.1, 0.15) is 5.82 Å². The molecule has 0 aromatic heterocycles. The van der Waals surface area contributed by atoms with Gasteiger partial charge in [-0.1, -0.05) is 12.1 Å². The SMILES string of the molecule is Cc1cccc(F)c1NS(=O)(=O)CCCCCl. The molecule has 1 N–H and O–H groups in total. The Morgan fingerprint density at radius 1 is 1.35 bits per heavy atom. The van der Waals surface area contributed by atoms with Crippen LogP contribution in [0.15, 0.2) is 18.2 Å². The molecule has 0 saturated heterocycles. The first-order chi connectivity index (χ1) is 7.96. The number of halogens is 2. The Morgan fingerprint density at radius 2 is 2.06 bits per heavy atom. The van der Waals surface area contributed by atoms with Crippen LogP contribution in [0.3, 0.4) is 0 Å². The summed E-state index contributed by atoms with van der Waals surface area (Å²) in [5.74, 6) is -0.187. The van der Waals surface area contributed by atoms with Gasteiger partial charge in [0, 0.05) is 5.88 Å². The Bertz CT molecular complexity index is 456. The summed E-state index contributed by atoms with van der Waals surface area (Å²) in [4.78, 5) is 0. The summed E-state index contributed by atoms with van der Waals surface area (Å²) >= 11 is 5.47. The van der Waals surface area contributed by atoms with E-state index in [0.29, 0.717) is 24.3 Å². The lowest BCUT2D eigenvalue weighted by molar-refractivity contribution is 0.595. The first-order valence-electron chi connectivity index (χ1n) is 5.28. The molecule has 1 rings (SSSR count). The summed E-state index contributed by atoms with van der Waals surface area (Å²) in [5, 5.41) is 0. The van der Waals surface area contributed by atoms with E-state index in [-0.39, 0.29) is 11.4 Å². The molecule has 0 spiro atoms. The predicted molar refractivity (Wildman–Crippen MR) is 68.5 cm³/mol. The van der Waals surface area contributed by atoms with Crippen molar-refractivity contribution in [1.29, 1.82) is 0 Å². The molecule has 0 saturated carbocycles. The highest BCUT2D eigenvalue weighted by molar-refractivity contribution is 7.92. The minimum absolute atomic E-state index is 0.0263. The number of nitrogens with one attached hydrogen (secondary N) is 1. The summed E-state index contributed by atoms with van der Waals surface area (Å²) in [5.41, 5.74) is 0.587. The van der Waals surface area contributed by atoms with Gasteiger partial charge in [-0.2, -0.15) is 0 Å². The van der Waals surface area contributed by atoms with Crippen molar-refractivity contribution in [3.63, 3.8) is 0 Å². The minimum Gasteiger partial charge on any atom is -0.280 e. The average Bonchev–Trinajstić information content (AvgIpc) is 2.24. The van der Waals surface area contributed by atoms with E-state index in [2.05, 4.69) is 4.72 Å². The fourth-order valence-corrected chi connectivity index (χ4v) is 2.80. The largest absolute Gasteiger partial charge is 0.280 e. The van der Waals surface area contributed by atoms with Crippen molar-refractivity contribution in [1.82, 2.24) is 0 Å². The second-order valence-electron chi connectivity index (χ2n) is 3.75. The maximum absolute atomic E-state index is 13.4. The lowest BCUT2D eigenvalue weighted by Gasteiger charge is -2.10.